The van der Waals surface area contributed by atoms with E-state index in [0.29, 0.717) is 0 Å². The van der Waals surface area contributed by atoms with E-state index >= 15 is 0 Å². The first-order valence-corrected chi connectivity index (χ1v) is 5.26. The molecule has 3 nitrogen and oxygen atoms in total. The average Bonchev–Trinajstić information content (AvgIpc) is 2.81. The van der Waals surface area contributed by atoms with Crippen molar-refractivity contribution >= 4 is 30.1 Å². The van der Waals surface area contributed by atoms with Crippen LogP contribution in [0, 0.1) is 5.92 Å². The second-order valence-electron chi connectivity index (χ2n) is 3.35. The van der Waals surface area contributed by atoms with Crippen LogP contribution in [0.1, 0.15) is 19.8 Å². The van der Waals surface area contributed by atoms with Crippen LogP contribution in [0.5, 0.6) is 0 Å². The topological polar surface area (TPSA) is 63.3 Å². The number of carbonyl (C=O) groups is 1. The molecule has 0 aromatic rings. The van der Waals surface area contributed by atoms with Crippen LogP contribution in [-0.2, 0) is 4.79 Å². The molecule has 0 aliphatic heterocycles. The summed E-state index contributed by atoms with van der Waals surface area (Å²) in [6, 6.07) is -0.714. The van der Waals surface area contributed by atoms with Gasteiger partial charge in [-0.15, -0.1) is 12.4 Å². The van der Waals surface area contributed by atoms with Gasteiger partial charge in [0.1, 0.15) is 6.04 Å². The minimum Gasteiger partial charge on any atom is -0.480 e. The van der Waals surface area contributed by atoms with E-state index in [9.17, 15) is 4.79 Å². The first-order valence-electron chi connectivity index (χ1n) is 4.21. The van der Waals surface area contributed by atoms with E-state index in [2.05, 4.69) is 0 Å². The minimum atomic E-state index is -0.897. The molecule has 0 spiro atoms. The van der Waals surface area contributed by atoms with Crippen LogP contribution in [0.15, 0.2) is 0 Å². The molecule has 0 bridgehead atoms. The van der Waals surface area contributed by atoms with Gasteiger partial charge in [0.15, 0.2) is 0 Å². The Kier molecular flexibility index (Phi) is 5.76. The smallest absolute Gasteiger partial charge is 0.321 e. The second kappa shape index (κ2) is 5.73. The quantitative estimate of drug-likeness (QED) is 0.742. The van der Waals surface area contributed by atoms with Crippen LogP contribution >= 0.6 is 24.2 Å². The zero-order valence-corrected chi connectivity index (χ0v) is 9.24. The van der Waals surface area contributed by atoms with Crippen molar-refractivity contribution in [3.05, 3.63) is 0 Å². The lowest BCUT2D eigenvalue weighted by atomic mass is 10.2. The van der Waals surface area contributed by atoms with Crippen molar-refractivity contribution in [2.45, 2.75) is 31.1 Å². The Balaban J connectivity index is 0.00000144. The van der Waals surface area contributed by atoms with E-state index < -0.39 is 12.0 Å². The number of carboxylic acid groups (broad SMARTS) is 1. The number of aliphatic carboxylic acids is 1. The number of carboxylic acids is 1. The molecule has 1 aliphatic carbocycles. The zero-order chi connectivity index (χ0) is 9.14. The van der Waals surface area contributed by atoms with Gasteiger partial charge in [0.25, 0.3) is 0 Å². The maximum Gasteiger partial charge on any atom is 0.321 e. The molecule has 0 saturated heterocycles. The van der Waals surface area contributed by atoms with E-state index in [1.54, 1.807) is 11.8 Å². The number of nitrogens with two attached hydrogens (primary N) is 1. The Morgan fingerprint density at radius 1 is 1.69 bits per heavy atom. The molecule has 5 heteroatoms. The summed E-state index contributed by atoms with van der Waals surface area (Å²) in [5.74, 6) is 1.01. The number of hydrogen-bond acceptors (Lipinski definition) is 3. The van der Waals surface area contributed by atoms with Crippen LogP contribution < -0.4 is 5.73 Å². The van der Waals surface area contributed by atoms with Crippen LogP contribution in [0.2, 0.25) is 0 Å². The molecule has 0 aromatic heterocycles. The first-order chi connectivity index (χ1) is 5.61. The summed E-state index contributed by atoms with van der Waals surface area (Å²) in [4.78, 5) is 10.5. The van der Waals surface area contributed by atoms with Crippen LogP contribution in [0.4, 0.5) is 0 Å². The van der Waals surface area contributed by atoms with Gasteiger partial charge in [-0.05, 0) is 24.5 Å². The Morgan fingerprint density at radius 2 is 2.23 bits per heavy atom. The largest absolute Gasteiger partial charge is 0.480 e. The van der Waals surface area contributed by atoms with Crippen molar-refractivity contribution in [3.63, 3.8) is 0 Å². The molecule has 3 N–H and O–H groups in total. The van der Waals surface area contributed by atoms with Gasteiger partial charge in [-0.25, -0.2) is 0 Å². The van der Waals surface area contributed by atoms with Gasteiger partial charge in [-0.2, -0.15) is 11.8 Å². The predicted molar refractivity (Wildman–Crippen MR) is 57.5 cm³/mol. The molecule has 0 heterocycles. The molecule has 0 amide bonds. The van der Waals surface area contributed by atoms with Crippen molar-refractivity contribution in [3.8, 4) is 0 Å². The number of halogens is 1. The van der Waals surface area contributed by atoms with Crippen LogP contribution in [0.3, 0.4) is 0 Å². The highest BCUT2D eigenvalue weighted by atomic mass is 35.5. The normalized spacial score (nSPS) is 20.2. The summed E-state index contributed by atoms with van der Waals surface area (Å²) in [5, 5.41) is 8.63. The molecule has 0 aromatic carbocycles. The monoisotopic (exact) mass is 225 g/mol. The summed E-state index contributed by atoms with van der Waals surface area (Å²) in [7, 11) is 0. The molecule has 2 unspecified atom stereocenters. The SMILES string of the molecule is CC(SCC1CC1)C(N)C(=O)O.Cl. The van der Waals surface area contributed by atoms with Crippen molar-refractivity contribution in [1.82, 2.24) is 0 Å². The fourth-order valence-electron chi connectivity index (χ4n) is 0.877. The van der Waals surface area contributed by atoms with E-state index in [1.807, 2.05) is 6.92 Å². The Hall–Kier alpha value is 0.0700. The summed E-state index contributed by atoms with van der Waals surface area (Å²) < 4.78 is 0. The maximum absolute atomic E-state index is 10.5. The van der Waals surface area contributed by atoms with Crippen molar-refractivity contribution in [2.75, 3.05) is 5.75 Å². The van der Waals surface area contributed by atoms with Gasteiger partial charge in [-0.3, -0.25) is 4.79 Å². The number of hydrogen-bond donors (Lipinski definition) is 2. The average molecular weight is 226 g/mol. The molecule has 1 fully saturated rings. The molecule has 2 atom stereocenters. The number of thioether (sulfide) groups is 1. The summed E-state index contributed by atoms with van der Waals surface area (Å²) in [6.07, 6.45) is 2.62. The third kappa shape index (κ3) is 4.74. The lowest BCUT2D eigenvalue weighted by Crippen LogP contribution is -2.38. The Morgan fingerprint density at radius 3 is 2.62 bits per heavy atom. The standard InChI is InChI=1S/C8H15NO2S.ClH/c1-5(7(9)8(10)11)12-4-6-2-3-6;/h5-7H,2-4,9H2,1H3,(H,10,11);1H. The van der Waals surface area contributed by atoms with Gasteiger partial charge < -0.3 is 10.8 Å². The van der Waals surface area contributed by atoms with E-state index in [1.165, 1.54) is 12.8 Å². The molecular weight excluding hydrogens is 210 g/mol. The molecule has 0 radical (unpaired) electrons. The minimum absolute atomic E-state index is 0. The predicted octanol–water partition coefficient (Wildman–Crippen LogP) is 1.35. The van der Waals surface area contributed by atoms with E-state index in [4.69, 9.17) is 10.8 Å². The maximum atomic E-state index is 10.5. The molecular formula is C8H16ClNO2S. The van der Waals surface area contributed by atoms with E-state index in [-0.39, 0.29) is 17.7 Å². The Bertz CT molecular complexity index is 176. The van der Waals surface area contributed by atoms with Gasteiger partial charge in [0.2, 0.25) is 0 Å². The highest BCUT2D eigenvalue weighted by Gasteiger charge is 2.25. The summed E-state index contributed by atoms with van der Waals surface area (Å²) >= 11 is 1.68. The Labute approximate surface area is 88.9 Å². The molecule has 1 saturated carbocycles. The fraction of sp³-hybridized carbons (Fsp3) is 0.875. The first kappa shape index (κ1) is 13.1. The van der Waals surface area contributed by atoms with Gasteiger partial charge in [0, 0.05) is 5.25 Å². The highest BCUT2D eigenvalue weighted by Crippen LogP contribution is 2.33. The molecule has 78 valence electrons. The third-order valence-electron chi connectivity index (χ3n) is 2.08. The second-order valence-corrected chi connectivity index (χ2v) is 4.76. The van der Waals surface area contributed by atoms with Crippen molar-refractivity contribution in [2.24, 2.45) is 11.7 Å². The van der Waals surface area contributed by atoms with E-state index in [0.717, 1.165) is 11.7 Å². The highest BCUT2D eigenvalue weighted by molar-refractivity contribution is 7.99. The summed E-state index contributed by atoms with van der Waals surface area (Å²) in [5.41, 5.74) is 5.45. The van der Waals surface area contributed by atoms with Gasteiger partial charge in [-0.1, -0.05) is 6.92 Å². The van der Waals surface area contributed by atoms with Crippen molar-refractivity contribution in [1.29, 1.82) is 0 Å². The molecule has 13 heavy (non-hydrogen) atoms. The lowest BCUT2D eigenvalue weighted by molar-refractivity contribution is -0.138. The lowest BCUT2D eigenvalue weighted by Gasteiger charge is -2.14. The molecule has 1 aliphatic rings. The molecule has 1 rings (SSSR count). The van der Waals surface area contributed by atoms with Gasteiger partial charge in [0.05, 0.1) is 0 Å². The van der Waals surface area contributed by atoms with Gasteiger partial charge >= 0.3 is 5.97 Å². The number of rotatable bonds is 5. The fourth-order valence-corrected chi connectivity index (χ4v) is 2.11. The summed E-state index contributed by atoms with van der Waals surface area (Å²) in [6.45, 7) is 1.88. The van der Waals surface area contributed by atoms with Crippen LogP contribution in [-0.4, -0.2) is 28.1 Å². The van der Waals surface area contributed by atoms with Crippen LogP contribution in [0.25, 0.3) is 0 Å². The zero-order valence-electron chi connectivity index (χ0n) is 7.60. The van der Waals surface area contributed by atoms with Crippen molar-refractivity contribution < 1.29 is 9.90 Å². The third-order valence-corrected chi connectivity index (χ3v) is 3.57.